The molecule has 0 saturated heterocycles. The summed E-state index contributed by atoms with van der Waals surface area (Å²) in [4.78, 5) is 15.6. The number of nitrogens with one attached hydrogen (secondary N) is 2. The molecule has 2 heterocycles. The molecule has 33 heavy (non-hydrogen) atoms. The Hall–Kier alpha value is -3.48. The lowest BCUT2D eigenvalue weighted by molar-refractivity contribution is -0.194. The third kappa shape index (κ3) is 5.86. The van der Waals surface area contributed by atoms with Gasteiger partial charge in [0, 0.05) is 29.1 Å². The van der Waals surface area contributed by atoms with Crippen LogP contribution in [0.5, 0.6) is 0 Å². The number of aliphatic hydroxyl groups is 1. The molecule has 0 bridgehead atoms. The van der Waals surface area contributed by atoms with Crippen molar-refractivity contribution in [3.63, 3.8) is 0 Å². The zero-order valence-electron chi connectivity index (χ0n) is 17.2. The normalized spacial score (nSPS) is 13.8. The molecule has 3 N–H and O–H groups in total. The van der Waals surface area contributed by atoms with Crippen LogP contribution in [0.15, 0.2) is 42.6 Å². The van der Waals surface area contributed by atoms with Gasteiger partial charge in [-0.2, -0.15) is 28.1 Å². The Morgan fingerprint density at radius 1 is 0.939 bits per heavy atom. The first-order valence-electron chi connectivity index (χ1n) is 9.49. The molecule has 2 aromatic heterocycles. The minimum atomic E-state index is -4.67. The molecule has 1 unspecified atom stereocenters. The van der Waals surface area contributed by atoms with Crippen molar-refractivity contribution in [3.05, 3.63) is 53.9 Å². The molecule has 13 heteroatoms. The van der Waals surface area contributed by atoms with Crippen molar-refractivity contribution < 1.29 is 31.4 Å². The molecular formula is C20H18F6N6O. The first-order chi connectivity index (χ1) is 15.4. The van der Waals surface area contributed by atoms with Gasteiger partial charge >= 0.3 is 12.6 Å². The highest BCUT2D eigenvalue weighted by molar-refractivity contribution is 5.62. The molecule has 0 spiro atoms. The minimum Gasteiger partial charge on any atom is -0.354 e. The average Bonchev–Trinajstić information content (AvgIpc) is 2.72. The van der Waals surface area contributed by atoms with E-state index >= 15 is 0 Å². The number of rotatable bonds is 7. The Labute approximate surface area is 184 Å². The highest BCUT2D eigenvalue weighted by Gasteiger charge is 2.40. The van der Waals surface area contributed by atoms with Gasteiger partial charge in [0.25, 0.3) is 5.85 Å². The van der Waals surface area contributed by atoms with Crippen LogP contribution in [0.4, 0.5) is 43.9 Å². The van der Waals surface area contributed by atoms with Crippen LogP contribution in [0.25, 0.3) is 11.4 Å². The number of anilines is 3. The smallest absolute Gasteiger partial charge is 0.354 e. The van der Waals surface area contributed by atoms with Crippen LogP contribution in [0.1, 0.15) is 25.1 Å². The number of hydrogen-bond donors (Lipinski definition) is 3. The third-order valence-electron chi connectivity index (χ3n) is 4.17. The van der Waals surface area contributed by atoms with E-state index in [0.717, 1.165) is 24.4 Å². The summed E-state index contributed by atoms with van der Waals surface area (Å²) in [5, 5.41) is 15.0. The Kier molecular flexibility index (Phi) is 6.72. The fourth-order valence-corrected chi connectivity index (χ4v) is 2.68. The summed E-state index contributed by atoms with van der Waals surface area (Å²) in [5.74, 6) is -4.14. The summed E-state index contributed by atoms with van der Waals surface area (Å²) < 4.78 is 78.6. The van der Waals surface area contributed by atoms with Crippen LogP contribution >= 0.6 is 0 Å². The second-order valence-electron chi connectivity index (χ2n) is 7.21. The van der Waals surface area contributed by atoms with E-state index in [-0.39, 0.29) is 35.0 Å². The molecule has 0 aliphatic carbocycles. The minimum absolute atomic E-state index is 0.0189. The van der Waals surface area contributed by atoms with Crippen LogP contribution in [0, 0.1) is 0 Å². The van der Waals surface area contributed by atoms with E-state index < -0.39 is 29.7 Å². The van der Waals surface area contributed by atoms with Gasteiger partial charge in [0.15, 0.2) is 5.82 Å². The molecule has 3 rings (SSSR count). The number of pyridine rings is 1. The van der Waals surface area contributed by atoms with E-state index in [1.54, 1.807) is 13.8 Å². The Morgan fingerprint density at radius 2 is 1.64 bits per heavy atom. The number of alkyl halides is 6. The highest BCUT2D eigenvalue weighted by atomic mass is 19.4. The van der Waals surface area contributed by atoms with Gasteiger partial charge in [0.1, 0.15) is 5.69 Å². The maximum absolute atomic E-state index is 14.0. The first kappa shape index (κ1) is 24.2. The molecule has 0 aliphatic rings. The van der Waals surface area contributed by atoms with Crippen molar-refractivity contribution in [2.45, 2.75) is 38.3 Å². The van der Waals surface area contributed by atoms with Gasteiger partial charge in [-0.15, -0.1) is 0 Å². The predicted molar refractivity (Wildman–Crippen MR) is 108 cm³/mol. The van der Waals surface area contributed by atoms with Crippen LogP contribution in [-0.4, -0.2) is 37.5 Å². The maximum Gasteiger partial charge on any atom is 0.433 e. The molecule has 1 atom stereocenters. The summed E-state index contributed by atoms with van der Waals surface area (Å²) in [5.41, 5.74) is -1.81. The molecule has 0 aliphatic heterocycles. The van der Waals surface area contributed by atoms with E-state index in [1.807, 2.05) is 0 Å². The van der Waals surface area contributed by atoms with Gasteiger partial charge < -0.3 is 15.7 Å². The zero-order valence-corrected chi connectivity index (χ0v) is 17.2. The zero-order chi connectivity index (χ0) is 24.4. The molecule has 1 aromatic carbocycles. The highest BCUT2D eigenvalue weighted by Crippen LogP contribution is 2.33. The summed E-state index contributed by atoms with van der Waals surface area (Å²) in [6, 6.07) is 6.40. The average molecular weight is 472 g/mol. The molecule has 3 aromatic rings. The van der Waals surface area contributed by atoms with E-state index in [2.05, 4.69) is 30.6 Å². The van der Waals surface area contributed by atoms with E-state index in [0.29, 0.717) is 0 Å². The van der Waals surface area contributed by atoms with Gasteiger partial charge in [-0.05, 0) is 32.0 Å². The number of aromatic nitrogens is 4. The number of hydrogen-bond acceptors (Lipinski definition) is 7. The Balaban J connectivity index is 2.03. The number of halogens is 6. The fraction of sp³-hybridized carbons (Fsp3) is 0.300. The molecule has 0 saturated carbocycles. The summed E-state index contributed by atoms with van der Waals surface area (Å²) in [6.45, 7) is 3.56. The quantitative estimate of drug-likeness (QED) is 0.421. The molecule has 0 amide bonds. The summed E-state index contributed by atoms with van der Waals surface area (Å²) in [6.07, 6.45) is -7.41. The van der Waals surface area contributed by atoms with Gasteiger partial charge in [0.05, 0.1) is 0 Å². The van der Waals surface area contributed by atoms with Gasteiger partial charge in [-0.1, -0.05) is 18.2 Å². The molecular weight excluding hydrogens is 454 g/mol. The van der Waals surface area contributed by atoms with Gasteiger partial charge in [-0.3, -0.25) is 4.98 Å². The third-order valence-corrected chi connectivity index (χ3v) is 4.17. The van der Waals surface area contributed by atoms with Crippen molar-refractivity contribution >= 4 is 17.6 Å². The topological polar surface area (TPSA) is 95.9 Å². The SMILES string of the molecule is CC(C)Nc1nc(Nc2ccnc(C(F)(F)F)c2)nc(-c2cccc(C(O)(F)C(F)F)c2)n1. The number of benzene rings is 1. The second-order valence-corrected chi connectivity index (χ2v) is 7.21. The van der Waals surface area contributed by atoms with Crippen molar-refractivity contribution in [1.29, 1.82) is 0 Å². The van der Waals surface area contributed by atoms with E-state index in [1.165, 1.54) is 18.2 Å². The standard InChI is InChI=1S/C20H18F6N6O/c1-10(2)28-17-30-15(11-4-3-5-12(8-11)19(23,33)16(21)22)31-18(32-17)29-13-6-7-27-14(9-13)20(24,25)26/h3-10,16,33H,1-2H3,(H2,27,28,29,30,31,32). The summed E-state index contributed by atoms with van der Waals surface area (Å²) >= 11 is 0. The maximum atomic E-state index is 14.0. The second kappa shape index (κ2) is 9.17. The predicted octanol–water partition coefficient (Wildman–Crippen LogP) is 4.90. The molecule has 0 radical (unpaired) electrons. The van der Waals surface area contributed by atoms with Gasteiger partial charge in [0.2, 0.25) is 11.9 Å². The van der Waals surface area contributed by atoms with Crippen molar-refractivity contribution in [1.82, 2.24) is 19.9 Å². The van der Waals surface area contributed by atoms with Crippen molar-refractivity contribution in [3.8, 4) is 11.4 Å². The largest absolute Gasteiger partial charge is 0.433 e. The van der Waals surface area contributed by atoms with Crippen LogP contribution in [0.3, 0.4) is 0 Å². The summed E-state index contributed by atoms with van der Waals surface area (Å²) in [7, 11) is 0. The van der Waals surface area contributed by atoms with Gasteiger partial charge in [-0.25, -0.2) is 13.2 Å². The van der Waals surface area contributed by atoms with Crippen LogP contribution in [-0.2, 0) is 12.0 Å². The lowest BCUT2D eigenvalue weighted by Gasteiger charge is -2.19. The lowest BCUT2D eigenvalue weighted by atomic mass is 10.0. The Morgan fingerprint density at radius 3 is 2.27 bits per heavy atom. The molecule has 0 fully saturated rings. The van der Waals surface area contributed by atoms with Crippen LogP contribution < -0.4 is 10.6 Å². The molecule has 176 valence electrons. The van der Waals surface area contributed by atoms with Crippen molar-refractivity contribution in [2.75, 3.05) is 10.6 Å². The monoisotopic (exact) mass is 472 g/mol. The van der Waals surface area contributed by atoms with E-state index in [4.69, 9.17) is 0 Å². The lowest BCUT2D eigenvalue weighted by Crippen LogP contribution is -2.28. The van der Waals surface area contributed by atoms with E-state index in [9.17, 15) is 31.4 Å². The molecule has 7 nitrogen and oxygen atoms in total. The van der Waals surface area contributed by atoms with Crippen LogP contribution in [0.2, 0.25) is 0 Å². The van der Waals surface area contributed by atoms with Crippen molar-refractivity contribution in [2.24, 2.45) is 0 Å². The first-order valence-corrected chi connectivity index (χ1v) is 9.49. The number of nitrogens with zero attached hydrogens (tertiary/aromatic N) is 4. The fourth-order valence-electron chi connectivity index (χ4n) is 2.68. The Bertz CT molecular complexity index is 1120.